The van der Waals surface area contributed by atoms with Crippen molar-refractivity contribution in [3.63, 3.8) is 0 Å². The molecule has 2 aromatic carbocycles. The van der Waals surface area contributed by atoms with Gasteiger partial charge < -0.3 is 29.3 Å². The van der Waals surface area contributed by atoms with Gasteiger partial charge in [0.15, 0.2) is 0 Å². The molecular formula is C46H72O8Sn. The third-order valence-corrected chi connectivity index (χ3v) is 8.40. The van der Waals surface area contributed by atoms with Crippen LogP contribution in [0.1, 0.15) is 210 Å². The van der Waals surface area contributed by atoms with Gasteiger partial charge >= 0.3 is 35.8 Å². The molecule has 9 heteroatoms. The summed E-state index contributed by atoms with van der Waals surface area (Å²) in [6.07, 6.45) is 26.0. The molecule has 0 aliphatic heterocycles. The summed E-state index contributed by atoms with van der Waals surface area (Å²) in [5.41, 5.74) is -0.124. The van der Waals surface area contributed by atoms with Crippen LogP contribution in [0, 0.1) is 13.8 Å². The van der Waals surface area contributed by atoms with Crippen LogP contribution in [-0.4, -0.2) is 61.0 Å². The second kappa shape index (κ2) is 42.3. The summed E-state index contributed by atoms with van der Waals surface area (Å²) < 4.78 is 10.3. The van der Waals surface area contributed by atoms with Crippen LogP contribution in [-0.2, 0) is 9.47 Å². The van der Waals surface area contributed by atoms with Crippen LogP contribution < -0.4 is 10.2 Å². The number of carboxylic acids is 2. The molecule has 0 heterocycles. The first-order chi connectivity index (χ1) is 26.2. The number of ether oxygens (including phenoxy) is 2. The summed E-state index contributed by atoms with van der Waals surface area (Å²) in [6.45, 7) is 16.5. The van der Waals surface area contributed by atoms with E-state index in [2.05, 4.69) is 41.5 Å². The van der Waals surface area contributed by atoms with Crippen LogP contribution in [0.25, 0.3) is 0 Å². The van der Waals surface area contributed by atoms with Crippen molar-refractivity contribution in [3.8, 4) is 0 Å². The quantitative estimate of drug-likeness (QED) is 0.0518. The van der Waals surface area contributed by atoms with E-state index in [4.69, 9.17) is 9.47 Å². The Morgan fingerprint density at radius 3 is 0.909 bits per heavy atom. The third kappa shape index (κ3) is 33.0. The zero-order chi connectivity index (χ0) is 40.7. The maximum Gasteiger partial charge on any atom is 2.00 e. The summed E-state index contributed by atoms with van der Waals surface area (Å²) in [4.78, 5) is 45.7. The van der Waals surface area contributed by atoms with E-state index in [1.165, 1.54) is 114 Å². The van der Waals surface area contributed by atoms with Gasteiger partial charge in [0.25, 0.3) is 0 Å². The van der Waals surface area contributed by atoms with E-state index in [9.17, 15) is 29.4 Å². The van der Waals surface area contributed by atoms with Crippen molar-refractivity contribution in [1.82, 2.24) is 0 Å². The van der Waals surface area contributed by atoms with Gasteiger partial charge in [-0.25, -0.2) is 9.59 Å². The minimum Gasteiger partial charge on any atom is -0.545 e. The van der Waals surface area contributed by atoms with E-state index in [-0.39, 0.29) is 46.2 Å². The number of rotatable bonds is 26. The van der Waals surface area contributed by atoms with Gasteiger partial charge in [-0.1, -0.05) is 206 Å². The van der Waals surface area contributed by atoms with Crippen LogP contribution in [0.5, 0.6) is 0 Å². The predicted molar refractivity (Wildman–Crippen MR) is 223 cm³/mol. The summed E-state index contributed by atoms with van der Waals surface area (Å²) in [6, 6.07) is 11.9. The fourth-order valence-electron chi connectivity index (χ4n) is 4.99. The van der Waals surface area contributed by atoms with Crippen LogP contribution in [0.2, 0.25) is 0 Å². The first-order valence-electron chi connectivity index (χ1n) is 20.7. The summed E-state index contributed by atoms with van der Waals surface area (Å²) >= 11 is 0. The Kier molecular flexibility index (Phi) is 43.4. The summed E-state index contributed by atoms with van der Waals surface area (Å²) in [5.74, 6) is -3.91. The number of carbonyl (C=O) groups is 4. The van der Waals surface area contributed by atoms with Gasteiger partial charge in [0.2, 0.25) is 0 Å². The monoisotopic (exact) mass is 872 g/mol. The van der Waals surface area contributed by atoms with E-state index < -0.39 is 23.9 Å². The van der Waals surface area contributed by atoms with Crippen molar-refractivity contribution in [2.24, 2.45) is 0 Å². The normalized spacial score (nSPS) is 9.85. The topological polar surface area (TPSA) is 133 Å². The van der Waals surface area contributed by atoms with Crippen LogP contribution in [0.15, 0.2) is 48.5 Å². The van der Waals surface area contributed by atoms with Gasteiger partial charge in [-0.2, -0.15) is 0 Å². The maximum atomic E-state index is 11.9. The minimum absolute atomic E-state index is 0. The maximum absolute atomic E-state index is 11.9. The molecule has 2 aromatic rings. The zero-order valence-corrected chi connectivity index (χ0v) is 37.6. The van der Waals surface area contributed by atoms with Gasteiger partial charge in [0, 0.05) is 11.1 Å². The van der Waals surface area contributed by atoms with Crippen molar-refractivity contribution in [2.45, 2.75) is 169 Å². The number of hydrogen-bond acceptors (Lipinski definition) is 8. The molecule has 8 nitrogen and oxygen atoms in total. The van der Waals surface area contributed by atoms with Gasteiger partial charge in [-0.15, -0.1) is 0 Å². The molecule has 0 fully saturated rings. The van der Waals surface area contributed by atoms with Crippen LogP contribution in [0.4, 0.5) is 0 Å². The molecule has 0 atom stereocenters. The van der Waals surface area contributed by atoms with E-state index in [0.29, 0.717) is 13.2 Å². The smallest absolute Gasteiger partial charge is 0.545 e. The number of aromatic carboxylic acids is 2. The zero-order valence-electron chi connectivity index (χ0n) is 34.8. The fraction of sp³-hybridized carbons (Fsp3) is 0.609. The molecular weight excluding hydrogens is 799 g/mol. The van der Waals surface area contributed by atoms with E-state index in [1.807, 2.05) is 0 Å². The first kappa shape index (κ1) is 56.4. The molecule has 0 spiro atoms. The van der Waals surface area contributed by atoms with Crippen molar-refractivity contribution >= 4 is 47.8 Å². The molecule has 0 N–H and O–H groups in total. The molecule has 0 aliphatic rings. The summed E-state index contributed by atoms with van der Waals surface area (Å²) in [7, 11) is 0. The van der Waals surface area contributed by atoms with Crippen molar-refractivity contribution in [2.75, 3.05) is 13.2 Å². The number of carbonyl (C=O) groups excluding carboxylic acids is 4. The number of hydrogen-bond donors (Lipinski definition) is 0. The average Bonchev–Trinajstić information content (AvgIpc) is 3.19. The molecule has 55 heavy (non-hydrogen) atoms. The number of carboxylic acid groups (broad SMARTS) is 2. The van der Waals surface area contributed by atoms with E-state index >= 15 is 0 Å². The largest absolute Gasteiger partial charge is 2.00 e. The molecule has 2 rings (SSSR count). The first-order valence-corrected chi connectivity index (χ1v) is 20.7. The Hall–Kier alpha value is -2.88. The Morgan fingerprint density at radius 1 is 0.436 bits per heavy atom. The van der Waals surface area contributed by atoms with Crippen molar-refractivity contribution < 1.29 is 38.9 Å². The molecule has 0 saturated heterocycles. The fourth-order valence-corrected chi connectivity index (χ4v) is 4.99. The van der Waals surface area contributed by atoms with Crippen LogP contribution in [0.3, 0.4) is 0 Å². The molecule has 308 valence electrons. The molecule has 0 aliphatic carbocycles. The Balaban J connectivity index is -0.000000809. The average molecular weight is 872 g/mol. The van der Waals surface area contributed by atoms with Gasteiger partial charge in [-0.3, -0.25) is 0 Å². The molecule has 0 saturated carbocycles. The second-order valence-electron chi connectivity index (χ2n) is 13.3. The molecule has 0 aromatic heterocycles. The molecule has 0 bridgehead atoms. The van der Waals surface area contributed by atoms with E-state index in [0.717, 1.165) is 51.4 Å². The van der Waals surface area contributed by atoms with Gasteiger partial charge in [-0.05, 0) is 25.0 Å². The number of esters is 2. The SMILES string of the molecule is CCCCCCCCCCCOC(=O)c1ccccc1C(=O)[O-].CCCCCCCCCCCOC(=O)c1ccccc1C(=O)[O-].[CH2]CCC.[CH2]CCC.[Sn+2]. The molecule has 0 amide bonds. The van der Waals surface area contributed by atoms with Crippen molar-refractivity contribution in [3.05, 3.63) is 84.6 Å². The van der Waals surface area contributed by atoms with Crippen molar-refractivity contribution in [1.29, 1.82) is 0 Å². The summed E-state index contributed by atoms with van der Waals surface area (Å²) in [5, 5.41) is 21.9. The van der Waals surface area contributed by atoms with Gasteiger partial charge in [0.05, 0.1) is 36.3 Å². The van der Waals surface area contributed by atoms with Gasteiger partial charge in [0.1, 0.15) is 0 Å². The van der Waals surface area contributed by atoms with Crippen LogP contribution >= 0.6 is 0 Å². The molecule has 4 radical (unpaired) electrons. The Morgan fingerprint density at radius 2 is 0.673 bits per heavy atom. The second-order valence-corrected chi connectivity index (χ2v) is 13.3. The third-order valence-electron chi connectivity index (χ3n) is 8.40. The number of unbranched alkanes of at least 4 members (excludes halogenated alkanes) is 18. The van der Waals surface area contributed by atoms with E-state index in [1.54, 1.807) is 24.3 Å². The Labute approximate surface area is 351 Å². The predicted octanol–water partition coefficient (Wildman–Crippen LogP) is 10.3. The Bertz CT molecular complexity index is 1120. The standard InChI is InChI=1S/2C19H28O4.2C4H9.Sn/c2*1-2-3-4-5-6-7-8-9-12-15-23-19(22)17-14-11-10-13-16(17)18(20)21;2*1-3-4-2;/h2*10-11,13-14H,2-9,12,15H2,1H3,(H,20,21);2*1,3-4H2,2H3;/q;;;;+2/p-2. The number of benzene rings is 2. The minimum atomic E-state index is -1.36. The molecule has 0 unspecified atom stereocenters.